The number of nitrogens with zero attached hydrogens (tertiary/aromatic N) is 2. The molecule has 5 heteroatoms. The first-order valence-electron chi connectivity index (χ1n) is 3.77. The van der Waals surface area contributed by atoms with Crippen molar-refractivity contribution >= 4 is 8.19 Å². The second kappa shape index (κ2) is 2.96. The van der Waals surface area contributed by atoms with Crippen LogP contribution >= 0.6 is 8.19 Å². The fraction of sp³-hybridized carbons (Fsp3) is 0. The lowest BCUT2D eigenvalue weighted by Crippen LogP contribution is -2.00. The van der Waals surface area contributed by atoms with Crippen molar-refractivity contribution in [1.29, 1.82) is 0 Å². The Morgan fingerprint density at radius 2 is 1.00 bits per heavy atom. The Bertz CT molecular complexity index is 331. The number of hydrogen-bond acceptors (Lipinski definition) is 0. The maximum absolute atomic E-state index is 13.6. The van der Waals surface area contributed by atoms with Gasteiger partial charge in [-0.3, -0.25) is 0 Å². The number of hydrogen-bond donors (Lipinski definition) is 0. The van der Waals surface area contributed by atoms with Gasteiger partial charge in [0.2, 0.25) is 0 Å². The molecule has 2 rings (SSSR count). The van der Waals surface area contributed by atoms with Gasteiger partial charge in [-0.2, -0.15) is 8.68 Å². The smallest absolute Gasteiger partial charge is 0.152 e. The van der Waals surface area contributed by atoms with Crippen molar-refractivity contribution < 1.29 is 8.39 Å². The van der Waals surface area contributed by atoms with E-state index in [1.54, 1.807) is 24.3 Å². The molecule has 0 aliphatic heterocycles. The van der Waals surface area contributed by atoms with Gasteiger partial charge in [0.05, 0.1) is 24.8 Å². The zero-order valence-corrected chi connectivity index (χ0v) is 7.61. The summed E-state index contributed by atoms with van der Waals surface area (Å²) in [6.45, 7) is 0. The van der Waals surface area contributed by atoms with Crippen molar-refractivity contribution in [2.75, 3.05) is 0 Å². The van der Waals surface area contributed by atoms with Crippen molar-refractivity contribution in [3.05, 3.63) is 49.1 Å². The van der Waals surface area contributed by atoms with Crippen molar-refractivity contribution in [3.8, 4) is 0 Å². The molecule has 0 N–H and O–H groups in total. The van der Waals surface area contributed by atoms with Gasteiger partial charge in [-0.1, -0.05) is 0 Å². The summed E-state index contributed by atoms with van der Waals surface area (Å²) in [5.41, 5.74) is 0. The molecule has 0 saturated carbocycles. The van der Waals surface area contributed by atoms with E-state index in [2.05, 4.69) is 0 Å². The predicted molar refractivity (Wildman–Crippen MR) is 48.8 cm³/mol. The monoisotopic (exact) mass is 201 g/mol. The fourth-order valence-electron chi connectivity index (χ4n) is 1.09. The van der Waals surface area contributed by atoms with E-state index in [0.717, 1.165) is 8.68 Å². The molecule has 0 atom stereocenters. The average molecular weight is 201 g/mol. The molecule has 0 aromatic carbocycles. The van der Waals surface area contributed by atoms with Crippen LogP contribution < -0.4 is 0 Å². The van der Waals surface area contributed by atoms with Crippen LogP contribution in [0.15, 0.2) is 49.1 Å². The van der Waals surface area contributed by atoms with Crippen molar-refractivity contribution in [2.24, 2.45) is 0 Å². The molecule has 0 fully saturated rings. The quantitative estimate of drug-likeness (QED) is 0.659. The summed E-state index contributed by atoms with van der Waals surface area (Å²) in [6.07, 6.45) is 5.53. The van der Waals surface area contributed by atoms with E-state index in [1.165, 1.54) is 24.8 Å². The third-order valence-corrected chi connectivity index (χ3v) is 3.38. The summed E-state index contributed by atoms with van der Waals surface area (Å²) < 4.78 is 29.1. The maximum Gasteiger partial charge on any atom is 0.594 e. The summed E-state index contributed by atoms with van der Waals surface area (Å²) >= 11 is 0. The van der Waals surface area contributed by atoms with Crippen molar-refractivity contribution in [3.63, 3.8) is 0 Å². The van der Waals surface area contributed by atoms with Gasteiger partial charge >= 0.3 is 8.19 Å². The van der Waals surface area contributed by atoms with Gasteiger partial charge in [-0.15, -0.1) is 0 Å². The van der Waals surface area contributed by atoms with Crippen molar-refractivity contribution in [1.82, 2.24) is 8.68 Å². The van der Waals surface area contributed by atoms with E-state index in [4.69, 9.17) is 0 Å². The van der Waals surface area contributed by atoms with Crippen molar-refractivity contribution in [2.45, 2.75) is 0 Å². The normalized spacial score (nSPS) is 11.8. The van der Waals surface area contributed by atoms with Crippen LogP contribution in [-0.2, 0) is 0 Å². The average Bonchev–Trinajstić information content (AvgIpc) is 2.78. The molecule has 0 amide bonds. The van der Waals surface area contributed by atoms with E-state index >= 15 is 0 Å². The van der Waals surface area contributed by atoms with E-state index < -0.39 is 8.19 Å². The first-order chi connectivity index (χ1) is 6.21. The van der Waals surface area contributed by atoms with E-state index in [9.17, 15) is 8.39 Å². The molecule has 2 aromatic rings. The van der Waals surface area contributed by atoms with Gasteiger partial charge in [0.1, 0.15) is 0 Å². The highest BCUT2D eigenvalue weighted by molar-refractivity contribution is 7.62. The van der Waals surface area contributed by atoms with Gasteiger partial charge in [-0.25, -0.2) is 0 Å². The van der Waals surface area contributed by atoms with Crippen LogP contribution in [0.2, 0.25) is 0 Å². The second-order valence-electron chi connectivity index (χ2n) is 2.58. The highest BCUT2D eigenvalue weighted by Gasteiger charge is 2.46. The third-order valence-electron chi connectivity index (χ3n) is 1.73. The largest absolute Gasteiger partial charge is 0.594 e. The molecule has 0 saturated heterocycles. The lowest BCUT2D eigenvalue weighted by Gasteiger charge is -2.05. The fourth-order valence-corrected chi connectivity index (χ4v) is 2.28. The number of halogens is 2. The molecule has 68 valence electrons. The van der Waals surface area contributed by atoms with Crippen LogP contribution in [0.1, 0.15) is 0 Å². The minimum atomic E-state index is -4.22. The summed E-state index contributed by atoms with van der Waals surface area (Å²) in [6, 6.07) is 6.38. The molecule has 0 spiro atoms. The highest BCUT2D eigenvalue weighted by atomic mass is 31.3. The van der Waals surface area contributed by atoms with Crippen LogP contribution in [-0.4, -0.2) is 8.68 Å². The Hall–Kier alpha value is -1.15. The first kappa shape index (κ1) is 8.45. The van der Waals surface area contributed by atoms with Gasteiger partial charge in [0.15, 0.2) is 0 Å². The summed E-state index contributed by atoms with van der Waals surface area (Å²) in [5, 5.41) is 0. The van der Waals surface area contributed by atoms with Gasteiger partial charge < -0.3 is 0 Å². The van der Waals surface area contributed by atoms with Crippen LogP contribution in [0.4, 0.5) is 8.39 Å². The molecule has 2 heterocycles. The molecular weight excluding hydrogens is 193 g/mol. The Morgan fingerprint density at radius 1 is 0.692 bits per heavy atom. The molecule has 13 heavy (non-hydrogen) atoms. The molecule has 0 aliphatic rings. The third kappa shape index (κ3) is 1.38. The van der Waals surface area contributed by atoms with Crippen LogP contribution in [0, 0.1) is 0 Å². The SMILES string of the molecule is F[P+](F)(n1cccc1)n1cccc1. The lowest BCUT2D eigenvalue weighted by molar-refractivity contribution is 0.647. The van der Waals surface area contributed by atoms with Gasteiger partial charge in [0.25, 0.3) is 0 Å². The number of aromatic nitrogens is 2. The van der Waals surface area contributed by atoms with E-state index in [-0.39, 0.29) is 0 Å². The van der Waals surface area contributed by atoms with E-state index in [1.807, 2.05) is 0 Å². The predicted octanol–water partition coefficient (Wildman–Crippen LogP) is 3.30. The van der Waals surface area contributed by atoms with E-state index in [0.29, 0.717) is 0 Å². The molecule has 0 aliphatic carbocycles. The minimum Gasteiger partial charge on any atom is -0.152 e. The molecule has 0 unspecified atom stereocenters. The number of rotatable bonds is 2. The topological polar surface area (TPSA) is 9.86 Å². The Kier molecular flexibility index (Phi) is 1.93. The highest BCUT2D eigenvalue weighted by Crippen LogP contribution is 2.64. The lowest BCUT2D eigenvalue weighted by atomic mass is 10.7. The summed E-state index contributed by atoms with van der Waals surface area (Å²) in [7, 11) is -4.22. The van der Waals surface area contributed by atoms with Gasteiger partial charge in [0, 0.05) is 8.39 Å². The maximum atomic E-state index is 13.6. The molecule has 0 bridgehead atoms. The molecule has 2 nitrogen and oxygen atoms in total. The molecule has 0 radical (unpaired) electrons. The second-order valence-corrected chi connectivity index (χ2v) is 4.42. The van der Waals surface area contributed by atoms with Crippen LogP contribution in [0.5, 0.6) is 0 Å². The molecule has 2 aromatic heterocycles. The zero-order valence-electron chi connectivity index (χ0n) is 6.72. The van der Waals surface area contributed by atoms with Crippen LogP contribution in [0.25, 0.3) is 0 Å². The Balaban J connectivity index is 2.42. The zero-order chi connectivity index (χ0) is 9.31. The molecular formula is C8H8F2N2P+. The Morgan fingerprint density at radius 3 is 1.31 bits per heavy atom. The summed E-state index contributed by atoms with van der Waals surface area (Å²) in [4.78, 5) is 0. The van der Waals surface area contributed by atoms with Gasteiger partial charge in [-0.05, 0) is 24.3 Å². The first-order valence-corrected chi connectivity index (χ1v) is 5.25. The Labute approximate surface area is 75.1 Å². The minimum absolute atomic E-state index is 0.965. The standard InChI is InChI=1S/C8H8F2N2P/c9-13(10,11-5-1-2-6-11)12-7-3-4-8-12/h1-8H/q+1. The summed E-state index contributed by atoms with van der Waals surface area (Å²) in [5.74, 6) is 0. The van der Waals surface area contributed by atoms with Crippen LogP contribution in [0.3, 0.4) is 0 Å².